The highest BCUT2D eigenvalue weighted by atomic mass is 35.5. The van der Waals surface area contributed by atoms with Crippen LogP contribution in [0.5, 0.6) is 0 Å². The van der Waals surface area contributed by atoms with E-state index in [1.165, 1.54) is 0 Å². The minimum atomic E-state index is -0.216. The average molecular weight is 256 g/mol. The Labute approximate surface area is 107 Å². The lowest BCUT2D eigenvalue weighted by molar-refractivity contribution is -0.135. The van der Waals surface area contributed by atoms with Gasteiger partial charge in [0, 0.05) is 24.9 Å². The summed E-state index contributed by atoms with van der Waals surface area (Å²) in [4.78, 5) is 13.6. The van der Waals surface area contributed by atoms with Crippen LogP contribution in [0.3, 0.4) is 0 Å². The maximum absolute atomic E-state index is 12.0. The van der Waals surface area contributed by atoms with E-state index in [4.69, 9.17) is 16.7 Å². The van der Waals surface area contributed by atoms with E-state index in [9.17, 15) is 4.79 Å². The van der Waals surface area contributed by atoms with Gasteiger partial charge < -0.3 is 10.0 Å². The van der Waals surface area contributed by atoms with Gasteiger partial charge in [-0.2, -0.15) is 0 Å². The van der Waals surface area contributed by atoms with Gasteiger partial charge >= 0.3 is 0 Å². The first-order chi connectivity index (χ1) is 8.19. The van der Waals surface area contributed by atoms with Crippen molar-refractivity contribution >= 4 is 17.5 Å². The lowest BCUT2D eigenvalue weighted by Crippen LogP contribution is -2.37. The molecule has 0 saturated carbocycles. The fourth-order valence-corrected chi connectivity index (χ4v) is 1.70. The van der Waals surface area contributed by atoms with Crippen LogP contribution in [0.2, 0.25) is 0 Å². The van der Waals surface area contributed by atoms with Crippen molar-refractivity contribution in [1.29, 1.82) is 0 Å². The molecule has 4 heteroatoms. The Morgan fingerprint density at radius 3 is 2.59 bits per heavy atom. The molecule has 0 aliphatic rings. The van der Waals surface area contributed by atoms with E-state index in [-0.39, 0.29) is 18.4 Å². The standard InChI is InChI=1S/C13H18ClNO2/c1-11(9-14)13(17)15(7-8-16)10-12-5-3-2-4-6-12/h2-6,11,16H,7-10H2,1H3. The number of hydrogen-bond donors (Lipinski definition) is 1. The van der Waals surface area contributed by atoms with Crippen LogP contribution < -0.4 is 0 Å². The first-order valence-electron chi connectivity index (χ1n) is 5.68. The molecule has 1 aromatic rings. The van der Waals surface area contributed by atoms with Crippen LogP contribution in [0.15, 0.2) is 30.3 Å². The van der Waals surface area contributed by atoms with Crippen molar-refractivity contribution in [2.45, 2.75) is 13.5 Å². The molecule has 0 fully saturated rings. The Balaban J connectivity index is 2.69. The summed E-state index contributed by atoms with van der Waals surface area (Å²) in [5.41, 5.74) is 1.05. The monoisotopic (exact) mass is 255 g/mol. The summed E-state index contributed by atoms with van der Waals surface area (Å²) < 4.78 is 0. The summed E-state index contributed by atoms with van der Waals surface area (Å²) in [6, 6.07) is 9.72. The van der Waals surface area contributed by atoms with E-state index in [0.29, 0.717) is 19.0 Å². The van der Waals surface area contributed by atoms with Crippen molar-refractivity contribution in [2.75, 3.05) is 19.0 Å². The van der Waals surface area contributed by atoms with Crippen LogP contribution in [0.25, 0.3) is 0 Å². The van der Waals surface area contributed by atoms with Crippen molar-refractivity contribution in [2.24, 2.45) is 5.92 Å². The first kappa shape index (κ1) is 14.0. The Bertz CT molecular complexity index is 343. The third kappa shape index (κ3) is 4.36. The zero-order valence-corrected chi connectivity index (χ0v) is 10.7. The van der Waals surface area contributed by atoms with E-state index >= 15 is 0 Å². The molecule has 0 aliphatic carbocycles. The Morgan fingerprint density at radius 2 is 2.06 bits per heavy atom. The topological polar surface area (TPSA) is 40.5 Å². The summed E-state index contributed by atoms with van der Waals surface area (Å²) in [5.74, 6) is 0.0695. The van der Waals surface area contributed by atoms with Gasteiger partial charge in [-0.3, -0.25) is 4.79 Å². The second-order valence-corrected chi connectivity index (χ2v) is 4.33. The summed E-state index contributed by atoms with van der Waals surface area (Å²) in [6.07, 6.45) is 0. The highest BCUT2D eigenvalue weighted by Crippen LogP contribution is 2.09. The molecule has 3 nitrogen and oxygen atoms in total. The summed E-state index contributed by atoms with van der Waals surface area (Å²) in [5, 5.41) is 8.99. The molecule has 0 radical (unpaired) electrons. The second-order valence-electron chi connectivity index (χ2n) is 4.02. The molecule has 1 N–H and O–H groups in total. The van der Waals surface area contributed by atoms with Crippen LogP contribution in [-0.4, -0.2) is 34.9 Å². The number of carbonyl (C=O) groups is 1. The summed E-state index contributed by atoms with van der Waals surface area (Å²) in [7, 11) is 0. The van der Waals surface area contributed by atoms with Gasteiger partial charge in [0.1, 0.15) is 0 Å². The predicted octanol–water partition coefficient (Wildman–Crippen LogP) is 1.88. The lowest BCUT2D eigenvalue weighted by atomic mass is 10.1. The number of nitrogens with zero attached hydrogens (tertiary/aromatic N) is 1. The van der Waals surface area contributed by atoms with Gasteiger partial charge in [-0.05, 0) is 5.56 Å². The number of alkyl halides is 1. The Hall–Kier alpha value is -1.06. The number of amides is 1. The van der Waals surface area contributed by atoms with Crippen molar-refractivity contribution < 1.29 is 9.90 Å². The number of halogens is 1. The van der Waals surface area contributed by atoms with Crippen LogP contribution in [0.4, 0.5) is 0 Å². The molecule has 0 spiro atoms. The van der Waals surface area contributed by atoms with Crippen LogP contribution >= 0.6 is 11.6 Å². The zero-order valence-electron chi connectivity index (χ0n) is 9.97. The molecule has 1 unspecified atom stereocenters. The molecule has 94 valence electrons. The van der Waals surface area contributed by atoms with E-state index in [1.54, 1.807) is 11.8 Å². The third-order valence-corrected chi connectivity index (χ3v) is 3.01. The largest absolute Gasteiger partial charge is 0.395 e. The van der Waals surface area contributed by atoms with Gasteiger partial charge in [-0.15, -0.1) is 11.6 Å². The quantitative estimate of drug-likeness (QED) is 0.789. The van der Waals surface area contributed by atoms with Crippen molar-refractivity contribution in [3.05, 3.63) is 35.9 Å². The highest BCUT2D eigenvalue weighted by Gasteiger charge is 2.19. The molecule has 0 aromatic heterocycles. The first-order valence-corrected chi connectivity index (χ1v) is 6.22. The molecular weight excluding hydrogens is 238 g/mol. The molecule has 1 aromatic carbocycles. The van der Waals surface area contributed by atoms with Crippen LogP contribution in [-0.2, 0) is 11.3 Å². The van der Waals surface area contributed by atoms with Crippen molar-refractivity contribution in [3.63, 3.8) is 0 Å². The van der Waals surface area contributed by atoms with E-state index in [2.05, 4.69) is 0 Å². The number of rotatable bonds is 6. The minimum absolute atomic E-state index is 0.0158. The fraction of sp³-hybridized carbons (Fsp3) is 0.462. The van der Waals surface area contributed by atoms with Gasteiger partial charge in [-0.25, -0.2) is 0 Å². The Morgan fingerprint density at radius 1 is 1.41 bits per heavy atom. The lowest BCUT2D eigenvalue weighted by Gasteiger charge is -2.24. The Kier molecular flexibility index (Phi) is 6.01. The maximum atomic E-state index is 12.0. The maximum Gasteiger partial charge on any atom is 0.226 e. The van der Waals surface area contributed by atoms with Crippen LogP contribution in [0, 0.1) is 5.92 Å². The summed E-state index contributed by atoms with van der Waals surface area (Å²) >= 11 is 5.68. The second kappa shape index (κ2) is 7.30. The van der Waals surface area contributed by atoms with Gasteiger partial charge in [0.2, 0.25) is 5.91 Å². The number of aliphatic hydroxyl groups is 1. The molecule has 0 bridgehead atoms. The van der Waals surface area contributed by atoms with Crippen molar-refractivity contribution in [1.82, 2.24) is 4.90 Å². The summed E-state index contributed by atoms with van der Waals surface area (Å²) in [6.45, 7) is 2.62. The molecule has 0 saturated heterocycles. The van der Waals surface area contributed by atoms with Crippen LogP contribution in [0.1, 0.15) is 12.5 Å². The van der Waals surface area contributed by atoms with E-state index in [0.717, 1.165) is 5.56 Å². The zero-order chi connectivity index (χ0) is 12.7. The molecule has 0 aliphatic heterocycles. The highest BCUT2D eigenvalue weighted by molar-refractivity contribution is 6.19. The molecule has 1 amide bonds. The fourth-order valence-electron chi connectivity index (χ4n) is 1.57. The van der Waals surface area contributed by atoms with Crippen molar-refractivity contribution in [3.8, 4) is 0 Å². The van der Waals surface area contributed by atoms with Gasteiger partial charge in [0.05, 0.1) is 6.61 Å². The predicted molar refractivity (Wildman–Crippen MR) is 68.8 cm³/mol. The number of hydrogen-bond acceptors (Lipinski definition) is 2. The van der Waals surface area contributed by atoms with Gasteiger partial charge in [0.25, 0.3) is 0 Å². The number of carbonyl (C=O) groups excluding carboxylic acids is 1. The van der Waals surface area contributed by atoms with Gasteiger partial charge in [0.15, 0.2) is 0 Å². The number of benzene rings is 1. The molecule has 1 atom stereocenters. The molecule has 0 heterocycles. The molecule has 1 rings (SSSR count). The average Bonchev–Trinajstić information content (AvgIpc) is 2.37. The van der Waals surface area contributed by atoms with Gasteiger partial charge in [-0.1, -0.05) is 37.3 Å². The normalized spacial score (nSPS) is 12.2. The third-order valence-electron chi connectivity index (χ3n) is 2.55. The molecular formula is C13H18ClNO2. The number of aliphatic hydroxyl groups excluding tert-OH is 1. The smallest absolute Gasteiger partial charge is 0.226 e. The molecule has 17 heavy (non-hydrogen) atoms. The van der Waals surface area contributed by atoms with E-state index in [1.807, 2.05) is 30.3 Å². The SMILES string of the molecule is CC(CCl)C(=O)N(CCO)Cc1ccccc1. The minimum Gasteiger partial charge on any atom is -0.395 e. The van der Waals surface area contributed by atoms with E-state index < -0.39 is 0 Å².